The molecule has 1 amide bonds. The van der Waals surface area contributed by atoms with E-state index in [0.29, 0.717) is 55.4 Å². The highest BCUT2D eigenvalue weighted by atomic mass is 32.2. The lowest BCUT2D eigenvalue weighted by atomic mass is 9.59. The summed E-state index contributed by atoms with van der Waals surface area (Å²) in [6, 6.07) is 18.3. The van der Waals surface area contributed by atoms with Gasteiger partial charge >= 0.3 is 0 Å². The Morgan fingerprint density at radius 1 is 0.956 bits per heavy atom. The molecule has 0 bridgehead atoms. The molecule has 7 aliphatic rings. The summed E-state index contributed by atoms with van der Waals surface area (Å²) in [6.45, 7) is 6.15. The summed E-state index contributed by atoms with van der Waals surface area (Å²) >= 11 is 0. The Kier molecular flexibility index (Phi) is 10.6. The number of hydrogen-bond donors (Lipinski definition) is 3. The van der Waals surface area contributed by atoms with E-state index in [1.807, 2.05) is 12.1 Å². The fourth-order valence-electron chi connectivity index (χ4n) is 12.6. The fraction of sp³-hybridized carbons (Fsp3) is 0.480. The smallest absolute Gasteiger partial charge is 0.297 e. The number of nitrogens with two attached hydrogens (primary N) is 1. The van der Waals surface area contributed by atoms with E-state index in [2.05, 4.69) is 51.3 Å². The first-order chi connectivity index (χ1) is 33.0. The Balaban J connectivity index is 0.954. The van der Waals surface area contributed by atoms with E-state index in [-0.39, 0.29) is 75.6 Å². The van der Waals surface area contributed by atoms with Crippen LogP contribution in [0.1, 0.15) is 78.9 Å². The highest BCUT2D eigenvalue weighted by molar-refractivity contribution is 7.91. The van der Waals surface area contributed by atoms with Gasteiger partial charge < -0.3 is 44.8 Å². The Morgan fingerprint density at radius 3 is 2.54 bits per heavy atom. The quantitative estimate of drug-likeness (QED) is 0.0988. The number of ether oxygens (including phenoxy) is 4. The normalized spacial score (nSPS) is 25.0. The maximum absolute atomic E-state index is 16.0. The first kappa shape index (κ1) is 43.3. The van der Waals surface area contributed by atoms with Crippen LogP contribution in [0, 0.1) is 28.4 Å². The van der Waals surface area contributed by atoms with E-state index in [1.54, 1.807) is 23.2 Å². The number of H-pyrrole nitrogens is 1. The van der Waals surface area contributed by atoms with E-state index in [4.69, 9.17) is 29.7 Å². The van der Waals surface area contributed by atoms with E-state index < -0.39 is 38.5 Å². The number of nitrogens with one attached hydrogen (secondary N) is 2. The van der Waals surface area contributed by atoms with Crippen molar-refractivity contribution in [3.63, 3.8) is 0 Å². The number of aryl methyl sites for hydroxylation is 1. The molecule has 356 valence electrons. The van der Waals surface area contributed by atoms with Gasteiger partial charge in [0.2, 0.25) is 15.7 Å². The first-order valence-corrected chi connectivity index (χ1v) is 25.5. The van der Waals surface area contributed by atoms with Gasteiger partial charge in [-0.25, -0.2) is 8.42 Å². The summed E-state index contributed by atoms with van der Waals surface area (Å²) < 4.78 is 56.3. The van der Waals surface area contributed by atoms with E-state index in [1.165, 1.54) is 23.6 Å². The largest absolute Gasteiger partial charge is 0.489 e. The Morgan fingerprint density at radius 2 is 1.76 bits per heavy atom. The fourth-order valence-corrected chi connectivity index (χ4v) is 14.3. The second-order valence-electron chi connectivity index (χ2n) is 19.9. The molecule has 6 aliphatic heterocycles. The van der Waals surface area contributed by atoms with Crippen LogP contribution in [0.25, 0.3) is 11.0 Å². The number of aromatic nitrogens is 2. The number of likely N-dealkylation sites (tertiary alicyclic amines) is 1. The molecule has 0 unspecified atom stereocenters. The Hall–Kier alpha value is -5.95. The summed E-state index contributed by atoms with van der Waals surface area (Å²) in [5.74, 6) is -0.374. The number of hydrogen-bond acceptors (Lipinski definition) is 14. The summed E-state index contributed by atoms with van der Waals surface area (Å²) in [5.41, 5.74) is 10.2. The lowest BCUT2D eigenvalue weighted by Gasteiger charge is -2.56. The first-order valence-electron chi connectivity index (χ1n) is 24.1. The van der Waals surface area contributed by atoms with Crippen LogP contribution in [-0.2, 0) is 19.3 Å². The van der Waals surface area contributed by atoms with Gasteiger partial charge in [-0.1, -0.05) is 24.3 Å². The number of carbonyl (C=O) groups is 1. The third-order valence-corrected chi connectivity index (χ3v) is 18.0. The third-order valence-electron chi connectivity index (χ3n) is 16.2. The average Bonchev–Trinajstić information content (AvgIpc) is 4.13. The minimum atomic E-state index is -4.75. The van der Waals surface area contributed by atoms with Crippen molar-refractivity contribution in [3.05, 3.63) is 93.7 Å². The van der Waals surface area contributed by atoms with Crippen molar-refractivity contribution in [3.8, 4) is 11.6 Å². The molecule has 5 aromatic rings. The van der Waals surface area contributed by atoms with Crippen molar-refractivity contribution in [2.24, 2.45) is 17.1 Å². The van der Waals surface area contributed by atoms with Crippen molar-refractivity contribution < 1.29 is 37.1 Å². The lowest BCUT2D eigenvalue weighted by molar-refractivity contribution is -0.384. The average molecular weight is 945 g/mol. The van der Waals surface area contributed by atoms with Gasteiger partial charge in [0.25, 0.3) is 11.6 Å². The number of sulfone groups is 1. The van der Waals surface area contributed by atoms with Crippen molar-refractivity contribution in [2.45, 2.75) is 98.4 Å². The molecule has 18 heteroatoms. The summed E-state index contributed by atoms with van der Waals surface area (Å²) in [4.78, 5) is 40.3. The number of aromatic amines is 1. The number of piperidine rings is 1. The van der Waals surface area contributed by atoms with E-state index in [9.17, 15) is 14.9 Å². The zero-order valence-corrected chi connectivity index (χ0v) is 38.8. The third kappa shape index (κ3) is 7.16. The van der Waals surface area contributed by atoms with Gasteiger partial charge in [0.15, 0.2) is 11.4 Å². The molecule has 17 nitrogen and oxygen atoms in total. The molecule has 68 heavy (non-hydrogen) atoms. The number of nitro groups is 1. The number of carbonyl (C=O) groups excluding carboxylic acids is 1. The van der Waals surface area contributed by atoms with E-state index in [0.717, 1.165) is 62.9 Å². The maximum atomic E-state index is 16.0. The van der Waals surface area contributed by atoms with Crippen LogP contribution in [0.5, 0.6) is 11.6 Å². The standard InChI is InChI=1S/C50H56N8O9S/c1-29-5-2-3-6-34(29)37-7-4-16-56(37)32-24-50(25-32)13-17-55(18-14-50)38-9-8-35(47(51)59)45(57-40-21-31-10-15-52-48(31)54-49(40)67-43-28-65-27-41(43)57)46(38)68(62,63)33-22-39(58(60)61)44-42(23-33)66-26-36(53-44)30-11-19-64-20-12-30/h2-3,5-6,8-10,15,21-23,30,32,36-37,41,43,53H,4,7,11-14,16-20,24-28H2,1H3,(H2,51,59)(H,52,54)/t36-,37-,41+,43-/m0/s1. The molecule has 1 saturated carbocycles. The van der Waals surface area contributed by atoms with E-state index >= 15 is 8.42 Å². The summed E-state index contributed by atoms with van der Waals surface area (Å²) in [5, 5.41) is 17.1. The molecule has 12 rings (SSSR count). The monoisotopic (exact) mass is 944 g/mol. The summed E-state index contributed by atoms with van der Waals surface area (Å²) in [7, 11) is -4.75. The molecule has 4 N–H and O–H groups in total. The number of pyridine rings is 1. The van der Waals surface area contributed by atoms with Crippen molar-refractivity contribution >= 4 is 55.2 Å². The van der Waals surface area contributed by atoms with Crippen LogP contribution in [0.4, 0.5) is 28.4 Å². The molecular weight excluding hydrogens is 889 g/mol. The highest BCUT2D eigenvalue weighted by Gasteiger charge is 2.51. The van der Waals surface area contributed by atoms with Crippen molar-refractivity contribution in [1.82, 2.24) is 14.9 Å². The number of rotatable bonds is 9. The predicted octanol–water partition coefficient (Wildman–Crippen LogP) is 7.19. The second kappa shape index (κ2) is 16.6. The number of nitro benzene ring substituents is 1. The molecule has 5 fully saturated rings. The molecule has 2 aromatic heterocycles. The van der Waals surface area contributed by atoms with Gasteiger partial charge in [-0.15, -0.1) is 0 Å². The second-order valence-corrected chi connectivity index (χ2v) is 21.8. The van der Waals surface area contributed by atoms with Crippen LogP contribution in [0.15, 0.2) is 76.7 Å². The van der Waals surface area contributed by atoms with Crippen LogP contribution in [0.3, 0.4) is 0 Å². The van der Waals surface area contributed by atoms with Gasteiger partial charge in [-0.2, -0.15) is 4.98 Å². The number of anilines is 4. The Labute approximate surface area is 394 Å². The molecule has 4 atom stereocenters. The molecule has 1 aliphatic carbocycles. The van der Waals surface area contributed by atoms with Crippen LogP contribution < -0.4 is 30.3 Å². The SMILES string of the molecule is Cc1ccccc1[C@@H]1CCCN1C1CC2(CCN(c3ccc(C(N)=O)c(N4c5cc6cc[nH]c6nc5O[C@H]5COC[C@H]54)c3S(=O)(=O)c3cc4c(c([N+](=O)[O-])c3)N[C@H](C3CCOCC3)CO4)CC2)C1. The molecule has 1 spiro atoms. The number of primary amides is 1. The maximum Gasteiger partial charge on any atom is 0.297 e. The van der Waals surface area contributed by atoms with Crippen LogP contribution >= 0.6 is 0 Å². The topological polar surface area (TPSA) is 208 Å². The highest BCUT2D eigenvalue weighted by Crippen LogP contribution is 2.56. The molecule has 0 radical (unpaired) electrons. The lowest BCUT2D eigenvalue weighted by Crippen LogP contribution is -2.55. The van der Waals surface area contributed by atoms with Gasteiger partial charge in [-0.3, -0.25) is 19.8 Å². The van der Waals surface area contributed by atoms with Gasteiger partial charge in [0.1, 0.15) is 28.9 Å². The minimum absolute atomic E-state index is 0.0335. The minimum Gasteiger partial charge on any atom is -0.489 e. The van der Waals surface area contributed by atoms with Crippen molar-refractivity contribution in [1.29, 1.82) is 0 Å². The van der Waals surface area contributed by atoms with Crippen LogP contribution in [0.2, 0.25) is 0 Å². The number of fused-ring (bicyclic) bond motifs is 4. The Bertz CT molecular complexity index is 2940. The molecular formula is C50H56N8O9S. The number of amides is 1. The molecule has 4 saturated heterocycles. The number of nitrogens with zero attached hydrogens (tertiary/aromatic N) is 5. The van der Waals surface area contributed by atoms with Gasteiger partial charge in [-0.05, 0) is 112 Å². The predicted molar refractivity (Wildman–Crippen MR) is 254 cm³/mol. The zero-order valence-electron chi connectivity index (χ0n) is 38.0. The summed E-state index contributed by atoms with van der Waals surface area (Å²) in [6.07, 6.45) is 8.93. The molecule has 3 aromatic carbocycles. The van der Waals surface area contributed by atoms with Crippen LogP contribution in [-0.4, -0.2) is 111 Å². The van der Waals surface area contributed by atoms with Gasteiger partial charge in [0.05, 0.1) is 52.1 Å². The van der Waals surface area contributed by atoms with Gasteiger partial charge in [0, 0.05) is 62.1 Å². The molecule has 8 heterocycles. The number of benzene rings is 3. The zero-order chi connectivity index (χ0) is 46.5. The van der Waals surface area contributed by atoms with Crippen molar-refractivity contribution in [2.75, 3.05) is 67.8 Å².